The summed E-state index contributed by atoms with van der Waals surface area (Å²) in [6.45, 7) is 2.39. The number of hydrogen-bond donors (Lipinski definition) is 1. The number of benzene rings is 1. The topological polar surface area (TPSA) is 60.5 Å². The minimum Gasteiger partial charge on any atom is -0.454 e. The zero-order valence-electron chi connectivity index (χ0n) is 13.8. The average Bonchev–Trinajstić information content (AvgIpc) is 3.07. The molecule has 0 bridgehead atoms. The van der Waals surface area contributed by atoms with E-state index in [1.54, 1.807) is 6.20 Å². The van der Waals surface area contributed by atoms with Gasteiger partial charge in [-0.05, 0) is 35.7 Å². The van der Waals surface area contributed by atoms with Crippen LogP contribution in [0.4, 0.5) is 0 Å². The number of nitrogens with one attached hydrogen (secondary N) is 1. The normalized spacial score (nSPS) is 13.5. The van der Waals surface area contributed by atoms with E-state index >= 15 is 0 Å². The summed E-state index contributed by atoms with van der Waals surface area (Å²) in [4.78, 5) is 16.6. The molecule has 1 aliphatic heterocycles. The SMILES string of the molecule is CCCC[C@@H](NC(=O)Cc1ccc2c(c1)OCO2)c1cccnc1. The van der Waals surface area contributed by atoms with E-state index in [1.807, 2.05) is 36.5 Å². The second kappa shape index (κ2) is 7.81. The molecule has 24 heavy (non-hydrogen) atoms. The Morgan fingerprint density at radius 1 is 1.29 bits per heavy atom. The number of ether oxygens (including phenoxy) is 2. The van der Waals surface area contributed by atoms with Gasteiger partial charge in [0.25, 0.3) is 0 Å². The van der Waals surface area contributed by atoms with Crippen LogP contribution in [0.3, 0.4) is 0 Å². The summed E-state index contributed by atoms with van der Waals surface area (Å²) in [5.41, 5.74) is 1.96. The van der Waals surface area contributed by atoms with Crippen molar-refractivity contribution in [3.05, 3.63) is 53.9 Å². The lowest BCUT2D eigenvalue weighted by atomic mass is 10.0. The van der Waals surface area contributed by atoms with Crippen LogP contribution in [0.25, 0.3) is 0 Å². The minimum atomic E-state index is -0.00109. The van der Waals surface area contributed by atoms with Gasteiger partial charge in [-0.1, -0.05) is 31.9 Å². The van der Waals surface area contributed by atoms with Gasteiger partial charge in [-0.2, -0.15) is 0 Å². The molecule has 0 aliphatic carbocycles. The molecular weight excluding hydrogens is 304 g/mol. The molecule has 3 rings (SSSR count). The number of unbranched alkanes of at least 4 members (excludes halogenated alkanes) is 1. The molecule has 5 heteroatoms. The molecule has 1 aromatic heterocycles. The smallest absolute Gasteiger partial charge is 0.231 e. The number of pyridine rings is 1. The van der Waals surface area contributed by atoms with Gasteiger partial charge < -0.3 is 14.8 Å². The van der Waals surface area contributed by atoms with Crippen LogP contribution in [0, 0.1) is 0 Å². The van der Waals surface area contributed by atoms with Gasteiger partial charge in [0.05, 0.1) is 12.5 Å². The summed E-state index contributed by atoms with van der Waals surface area (Å²) in [5.74, 6) is 1.43. The van der Waals surface area contributed by atoms with Crippen molar-refractivity contribution in [3.8, 4) is 11.5 Å². The van der Waals surface area contributed by atoms with Gasteiger partial charge in [0, 0.05) is 12.4 Å². The molecule has 5 nitrogen and oxygen atoms in total. The first-order valence-corrected chi connectivity index (χ1v) is 8.34. The number of fused-ring (bicyclic) bond motifs is 1. The summed E-state index contributed by atoms with van der Waals surface area (Å²) < 4.78 is 10.7. The maximum absolute atomic E-state index is 12.5. The van der Waals surface area contributed by atoms with Gasteiger partial charge in [-0.3, -0.25) is 9.78 Å². The quantitative estimate of drug-likeness (QED) is 0.847. The second-order valence-corrected chi connectivity index (χ2v) is 5.91. The molecule has 0 unspecified atom stereocenters. The Labute approximate surface area is 142 Å². The van der Waals surface area contributed by atoms with Crippen molar-refractivity contribution in [2.75, 3.05) is 6.79 Å². The fourth-order valence-corrected chi connectivity index (χ4v) is 2.79. The maximum Gasteiger partial charge on any atom is 0.231 e. The summed E-state index contributed by atoms with van der Waals surface area (Å²) in [6.07, 6.45) is 6.95. The molecule has 0 saturated carbocycles. The number of amides is 1. The number of aromatic nitrogens is 1. The molecule has 1 N–H and O–H groups in total. The molecule has 1 aromatic carbocycles. The van der Waals surface area contributed by atoms with Crippen molar-refractivity contribution in [1.82, 2.24) is 10.3 Å². The van der Waals surface area contributed by atoms with Gasteiger partial charge in [-0.15, -0.1) is 0 Å². The molecule has 126 valence electrons. The lowest BCUT2D eigenvalue weighted by molar-refractivity contribution is -0.121. The predicted molar refractivity (Wildman–Crippen MR) is 90.9 cm³/mol. The number of rotatable bonds is 7. The number of hydrogen-bond acceptors (Lipinski definition) is 4. The summed E-state index contributed by atoms with van der Waals surface area (Å²) in [7, 11) is 0. The zero-order chi connectivity index (χ0) is 16.8. The van der Waals surface area contributed by atoms with Crippen LogP contribution in [0.5, 0.6) is 11.5 Å². The van der Waals surface area contributed by atoms with Crippen LogP contribution in [0.1, 0.15) is 43.4 Å². The van der Waals surface area contributed by atoms with Crippen LogP contribution >= 0.6 is 0 Å². The first-order valence-electron chi connectivity index (χ1n) is 8.34. The Morgan fingerprint density at radius 2 is 2.17 bits per heavy atom. The highest BCUT2D eigenvalue weighted by molar-refractivity contribution is 5.79. The molecule has 1 amide bonds. The molecule has 0 fully saturated rings. The molecule has 1 aliphatic rings. The van der Waals surface area contributed by atoms with Crippen molar-refractivity contribution in [1.29, 1.82) is 0 Å². The fraction of sp³-hybridized carbons (Fsp3) is 0.368. The summed E-state index contributed by atoms with van der Waals surface area (Å²) in [5, 5.41) is 3.13. The average molecular weight is 326 g/mol. The Morgan fingerprint density at radius 3 is 2.96 bits per heavy atom. The van der Waals surface area contributed by atoms with E-state index in [0.717, 1.165) is 36.1 Å². The highest BCUT2D eigenvalue weighted by atomic mass is 16.7. The molecule has 0 radical (unpaired) electrons. The number of nitrogens with zero attached hydrogens (tertiary/aromatic N) is 1. The third kappa shape index (κ3) is 4.04. The largest absolute Gasteiger partial charge is 0.454 e. The van der Waals surface area contributed by atoms with Crippen LogP contribution < -0.4 is 14.8 Å². The molecule has 2 aromatic rings. The molecule has 2 heterocycles. The monoisotopic (exact) mass is 326 g/mol. The first kappa shape index (κ1) is 16.3. The Kier molecular flexibility index (Phi) is 5.31. The molecule has 1 atom stereocenters. The Bertz CT molecular complexity index is 688. The van der Waals surface area contributed by atoms with E-state index in [1.165, 1.54) is 0 Å². The molecule has 0 spiro atoms. The van der Waals surface area contributed by atoms with E-state index in [-0.39, 0.29) is 18.7 Å². The van der Waals surface area contributed by atoms with Gasteiger partial charge >= 0.3 is 0 Å². The van der Waals surface area contributed by atoms with E-state index in [0.29, 0.717) is 12.2 Å². The van der Waals surface area contributed by atoms with E-state index < -0.39 is 0 Å². The third-order valence-electron chi connectivity index (χ3n) is 4.07. The molecule has 0 saturated heterocycles. The number of carbonyl (C=O) groups excluding carboxylic acids is 1. The lowest BCUT2D eigenvalue weighted by Gasteiger charge is -2.19. The van der Waals surface area contributed by atoms with Crippen LogP contribution in [-0.2, 0) is 11.2 Å². The summed E-state index contributed by atoms with van der Waals surface area (Å²) in [6, 6.07) is 9.53. The van der Waals surface area contributed by atoms with Crippen molar-refractivity contribution in [2.24, 2.45) is 0 Å². The van der Waals surface area contributed by atoms with Crippen LogP contribution in [-0.4, -0.2) is 17.7 Å². The van der Waals surface area contributed by atoms with Crippen molar-refractivity contribution in [3.63, 3.8) is 0 Å². The van der Waals surface area contributed by atoms with Crippen molar-refractivity contribution < 1.29 is 14.3 Å². The van der Waals surface area contributed by atoms with Gasteiger partial charge in [0.15, 0.2) is 11.5 Å². The first-order chi connectivity index (χ1) is 11.8. The van der Waals surface area contributed by atoms with E-state index in [4.69, 9.17) is 9.47 Å². The van der Waals surface area contributed by atoms with Crippen LogP contribution in [0.15, 0.2) is 42.7 Å². The van der Waals surface area contributed by atoms with Gasteiger partial charge in [0.2, 0.25) is 12.7 Å². The van der Waals surface area contributed by atoms with Gasteiger partial charge in [0.1, 0.15) is 0 Å². The van der Waals surface area contributed by atoms with E-state index in [9.17, 15) is 4.79 Å². The number of carbonyl (C=O) groups is 1. The highest BCUT2D eigenvalue weighted by Crippen LogP contribution is 2.32. The standard InChI is InChI=1S/C19H22N2O3/c1-2-3-6-16(15-5-4-9-20-12-15)21-19(22)11-14-7-8-17-18(10-14)24-13-23-17/h4-5,7-10,12,16H,2-3,6,11,13H2,1H3,(H,21,22)/t16-/m1/s1. The fourth-order valence-electron chi connectivity index (χ4n) is 2.79. The van der Waals surface area contributed by atoms with Crippen LogP contribution in [0.2, 0.25) is 0 Å². The Balaban J connectivity index is 1.64. The van der Waals surface area contributed by atoms with Crippen molar-refractivity contribution >= 4 is 5.91 Å². The van der Waals surface area contributed by atoms with E-state index in [2.05, 4.69) is 17.2 Å². The third-order valence-corrected chi connectivity index (χ3v) is 4.07. The minimum absolute atomic E-state index is 0.000149. The van der Waals surface area contributed by atoms with Gasteiger partial charge in [-0.25, -0.2) is 0 Å². The summed E-state index contributed by atoms with van der Waals surface area (Å²) >= 11 is 0. The zero-order valence-corrected chi connectivity index (χ0v) is 13.8. The maximum atomic E-state index is 12.5. The predicted octanol–water partition coefficient (Wildman–Crippen LogP) is 3.40. The highest BCUT2D eigenvalue weighted by Gasteiger charge is 2.17. The second-order valence-electron chi connectivity index (χ2n) is 5.91. The van der Waals surface area contributed by atoms with Crippen molar-refractivity contribution in [2.45, 2.75) is 38.6 Å². The molecular formula is C19H22N2O3. The Hall–Kier alpha value is -2.56. The lowest BCUT2D eigenvalue weighted by Crippen LogP contribution is -2.30.